The molecule has 2 fully saturated rings. The Labute approximate surface area is 115 Å². The number of piperidine rings is 1. The number of benzene rings is 1. The van der Waals surface area contributed by atoms with Crippen molar-refractivity contribution in [2.24, 2.45) is 11.3 Å². The summed E-state index contributed by atoms with van der Waals surface area (Å²) in [6.07, 6.45) is 3.30. The van der Waals surface area contributed by atoms with Crippen LogP contribution in [0, 0.1) is 11.3 Å². The van der Waals surface area contributed by atoms with Crippen LogP contribution >= 0.6 is 0 Å². The van der Waals surface area contributed by atoms with Gasteiger partial charge < -0.3 is 4.90 Å². The van der Waals surface area contributed by atoms with Crippen LogP contribution in [0.3, 0.4) is 0 Å². The van der Waals surface area contributed by atoms with E-state index in [-0.39, 0.29) is 5.41 Å². The third-order valence-corrected chi connectivity index (χ3v) is 4.89. The van der Waals surface area contributed by atoms with Gasteiger partial charge in [0.2, 0.25) is 5.91 Å². The largest absolute Gasteiger partial charge is 0.342 e. The Balaban J connectivity index is 1.57. The molecular formula is C17H23NO. The standard InChI is InChI=1S/C17H23NO/c1-17(2)12-15(17)16(19)18-10-8-14(9-11-18)13-6-4-3-5-7-13/h3-7,14-15H,8-12H2,1-2H3/t15-/m1/s1. The monoisotopic (exact) mass is 257 g/mol. The van der Waals surface area contributed by atoms with Crippen LogP contribution in [0.1, 0.15) is 44.6 Å². The first-order valence-electron chi connectivity index (χ1n) is 7.42. The van der Waals surface area contributed by atoms with E-state index >= 15 is 0 Å². The fourth-order valence-electron chi connectivity index (χ4n) is 3.27. The molecule has 2 heteroatoms. The smallest absolute Gasteiger partial charge is 0.226 e. The van der Waals surface area contributed by atoms with Gasteiger partial charge in [0.25, 0.3) is 0 Å². The second kappa shape index (κ2) is 4.66. The lowest BCUT2D eigenvalue weighted by Crippen LogP contribution is -2.39. The summed E-state index contributed by atoms with van der Waals surface area (Å²) in [5.74, 6) is 1.33. The van der Waals surface area contributed by atoms with Crippen LogP contribution < -0.4 is 0 Å². The van der Waals surface area contributed by atoms with E-state index in [0.29, 0.717) is 17.7 Å². The second-order valence-electron chi connectivity index (χ2n) is 6.76. The van der Waals surface area contributed by atoms with Crippen LogP contribution in [0.5, 0.6) is 0 Å². The number of nitrogens with zero attached hydrogens (tertiary/aromatic N) is 1. The average molecular weight is 257 g/mol. The number of carbonyl (C=O) groups is 1. The SMILES string of the molecule is CC1(C)C[C@@H]1C(=O)N1CCC(c2ccccc2)CC1. The van der Waals surface area contributed by atoms with Crippen LogP contribution in [0.15, 0.2) is 30.3 Å². The van der Waals surface area contributed by atoms with Gasteiger partial charge in [0.05, 0.1) is 0 Å². The number of amides is 1. The Morgan fingerprint density at radius 3 is 2.26 bits per heavy atom. The highest BCUT2D eigenvalue weighted by Crippen LogP contribution is 2.52. The van der Waals surface area contributed by atoms with E-state index in [9.17, 15) is 4.79 Å². The van der Waals surface area contributed by atoms with Crippen molar-refractivity contribution in [3.8, 4) is 0 Å². The number of carbonyl (C=O) groups excluding carboxylic acids is 1. The molecule has 1 aromatic rings. The highest BCUT2D eigenvalue weighted by molar-refractivity contribution is 5.82. The molecule has 1 aliphatic carbocycles. The maximum atomic E-state index is 12.3. The lowest BCUT2D eigenvalue weighted by molar-refractivity contribution is -0.134. The summed E-state index contributed by atoms with van der Waals surface area (Å²) in [7, 11) is 0. The average Bonchev–Trinajstić information content (AvgIpc) is 3.08. The predicted octanol–water partition coefficient (Wildman–Crippen LogP) is 3.44. The molecule has 1 aromatic carbocycles. The molecule has 3 rings (SSSR count). The Kier molecular flexibility index (Phi) is 3.12. The van der Waals surface area contributed by atoms with Gasteiger partial charge in [-0.3, -0.25) is 4.79 Å². The van der Waals surface area contributed by atoms with Crippen LogP contribution in [-0.2, 0) is 4.79 Å². The van der Waals surface area contributed by atoms with Crippen LogP contribution in [-0.4, -0.2) is 23.9 Å². The third kappa shape index (κ3) is 2.54. The number of hydrogen-bond acceptors (Lipinski definition) is 1. The van der Waals surface area contributed by atoms with Gasteiger partial charge in [-0.05, 0) is 36.2 Å². The predicted molar refractivity (Wildman–Crippen MR) is 76.9 cm³/mol. The molecule has 1 heterocycles. The zero-order valence-corrected chi connectivity index (χ0v) is 11.9. The van der Waals surface area contributed by atoms with E-state index in [4.69, 9.17) is 0 Å². The number of rotatable bonds is 2. The summed E-state index contributed by atoms with van der Waals surface area (Å²) in [4.78, 5) is 14.4. The van der Waals surface area contributed by atoms with E-state index in [1.165, 1.54) is 5.56 Å². The van der Waals surface area contributed by atoms with Crippen LogP contribution in [0.25, 0.3) is 0 Å². The number of hydrogen-bond donors (Lipinski definition) is 0. The van der Waals surface area contributed by atoms with Crippen LogP contribution in [0.4, 0.5) is 0 Å². The molecule has 19 heavy (non-hydrogen) atoms. The van der Waals surface area contributed by atoms with Gasteiger partial charge in [0, 0.05) is 19.0 Å². The van der Waals surface area contributed by atoms with Crippen molar-refractivity contribution >= 4 is 5.91 Å². The maximum absolute atomic E-state index is 12.3. The summed E-state index contributed by atoms with van der Waals surface area (Å²) in [6, 6.07) is 10.7. The molecule has 0 bridgehead atoms. The Bertz CT molecular complexity index is 457. The van der Waals surface area contributed by atoms with Crippen LogP contribution in [0.2, 0.25) is 0 Å². The van der Waals surface area contributed by atoms with Crippen molar-refractivity contribution in [2.45, 2.75) is 39.0 Å². The van der Waals surface area contributed by atoms with E-state index in [1.807, 2.05) is 0 Å². The molecule has 1 saturated heterocycles. The summed E-state index contributed by atoms with van der Waals surface area (Å²) < 4.78 is 0. The highest BCUT2D eigenvalue weighted by atomic mass is 16.2. The minimum absolute atomic E-state index is 0.257. The Morgan fingerprint density at radius 1 is 1.16 bits per heavy atom. The van der Waals surface area contributed by atoms with Gasteiger partial charge >= 0.3 is 0 Å². The second-order valence-corrected chi connectivity index (χ2v) is 6.76. The fourth-order valence-corrected chi connectivity index (χ4v) is 3.27. The van der Waals surface area contributed by atoms with Gasteiger partial charge in [-0.2, -0.15) is 0 Å². The molecule has 1 saturated carbocycles. The highest BCUT2D eigenvalue weighted by Gasteiger charge is 2.52. The minimum atomic E-state index is 0.257. The summed E-state index contributed by atoms with van der Waals surface area (Å²) in [5, 5.41) is 0. The lowest BCUT2D eigenvalue weighted by atomic mass is 9.89. The summed E-state index contributed by atoms with van der Waals surface area (Å²) >= 11 is 0. The topological polar surface area (TPSA) is 20.3 Å². The van der Waals surface area contributed by atoms with Crippen molar-refractivity contribution in [2.75, 3.05) is 13.1 Å². The molecular weight excluding hydrogens is 234 g/mol. The Morgan fingerprint density at radius 2 is 1.74 bits per heavy atom. The van der Waals surface area contributed by atoms with Gasteiger partial charge in [0.1, 0.15) is 0 Å². The van der Waals surface area contributed by atoms with E-state index in [0.717, 1.165) is 32.4 Å². The molecule has 2 nitrogen and oxygen atoms in total. The van der Waals surface area contributed by atoms with Gasteiger partial charge in [-0.1, -0.05) is 44.2 Å². The normalized spacial score (nSPS) is 26.2. The van der Waals surface area contributed by atoms with E-state index in [2.05, 4.69) is 49.1 Å². The zero-order valence-electron chi connectivity index (χ0n) is 11.9. The van der Waals surface area contributed by atoms with Gasteiger partial charge in [0.15, 0.2) is 0 Å². The molecule has 1 amide bonds. The molecule has 0 radical (unpaired) electrons. The van der Waals surface area contributed by atoms with Gasteiger partial charge in [-0.15, -0.1) is 0 Å². The molecule has 0 unspecified atom stereocenters. The van der Waals surface area contributed by atoms with Crippen molar-refractivity contribution in [3.05, 3.63) is 35.9 Å². The first-order chi connectivity index (χ1) is 9.08. The van der Waals surface area contributed by atoms with E-state index < -0.39 is 0 Å². The molecule has 102 valence electrons. The zero-order chi connectivity index (χ0) is 13.5. The van der Waals surface area contributed by atoms with Crippen molar-refractivity contribution in [1.29, 1.82) is 0 Å². The first-order valence-corrected chi connectivity index (χ1v) is 7.42. The van der Waals surface area contributed by atoms with Crippen molar-refractivity contribution in [1.82, 2.24) is 4.90 Å². The quantitative estimate of drug-likeness (QED) is 0.794. The summed E-state index contributed by atoms with van der Waals surface area (Å²) in [5.41, 5.74) is 1.69. The molecule has 0 spiro atoms. The molecule has 0 aromatic heterocycles. The van der Waals surface area contributed by atoms with E-state index in [1.54, 1.807) is 0 Å². The molecule has 2 aliphatic rings. The maximum Gasteiger partial charge on any atom is 0.226 e. The first kappa shape index (κ1) is 12.7. The third-order valence-electron chi connectivity index (χ3n) is 4.89. The fraction of sp³-hybridized carbons (Fsp3) is 0.588. The lowest BCUT2D eigenvalue weighted by Gasteiger charge is -2.32. The Hall–Kier alpha value is -1.31. The minimum Gasteiger partial charge on any atom is -0.342 e. The van der Waals surface area contributed by atoms with Crippen molar-refractivity contribution < 1.29 is 4.79 Å². The summed E-state index contributed by atoms with van der Waals surface area (Å²) in [6.45, 7) is 6.27. The van der Waals surface area contributed by atoms with Crippen molar-refractivity contribution in [3.63, 3.8) is 0 Å². The molecule has 1 aliphatic heterocycles. The number of likely N-dealkylation sites (tertiary alicyclic amines) is 1. The van der Waals surface area contributed by atoms with Gasteiger partial charge in [-0.25, -0.2) is 0 Å². The molecule has 0 N–H and O–H groups in total. The molecule has 1 atom stereocenters.